The van der Waals surface area contributed by atoms with Crippen molar-refractivity contribution >= 4 is 52.6 Å². The number of ether oxygens (including phenoxy) is 1. The van der Waals surface area contributed by atoms with E-state index in [4.69, 9.17) is 39.4 Å². The van der Waals surface area contributed by atoms with Gasteiger partial charge in [0.25, 0.3) is 11.6 Å². The summed E-state index contributed by atoms with van der Waals surface area (Å²) in [5.41, 5.74) is 10.5. The van der Waals surface area contributed by atoms with Crippen molar-refractivity contribution in [1.82, 2.24) is 16.0 Å². The fourth-order valence-corrected chi connectivity index (χ4v) is 4.99. The van der Waals surface area contributed by atoms with Gasteiger partial charge in [0.2, 0.25) is 5.91 Å². The first-order chi connectivity index (χ1) is 20.0. The summed E-state index contributed by atoms with van der Waals surface area (Å²) in [7, 11) is 0. The Bertz CT molecular complexity index is 1510. The van der Waals surface area contributed by atoms with Gasteiger partial charge >= 0.3 is 5.97 Å². The second kappa shape index (κ2) is 13.1. The van der Waals surface area contributed by atoms with Crippen LogP contribution in [0.25, 0.3) is 11.1 Å². The van der Waals surface area contributed by atoms with E-state index in [1.54, 1.807) is 18.2 Å². The molecular weight excluding hydrogens is 587 g/mol. The van der Waals surface area contributed by atoms with Gasteiger partial charge in [0.05, 0.1) is 41.0 Å². The molecule has 42 heavy (non-hydrogen) atoms. The molecule has 1 aliphatic rings. The maximum atomic E-state index is 13.0. The van der Waals surface area contributed by atoms with Gasteiger partial charge in [-0.25, -0.2) is 9.79 Å². The number of hydrogen-bond acceptors (Lipinski definition) is 7. The Morgan fingerprint density at radius 2 is 1.71 bits per heavy atom. The molecule has 1 heterocycles. The van der Waals surface area contributed by atoms with E-state index in [1.165, 1.54) is 12.1 Å². The lowest BCUT2D eigenvalue weighted by Gasteiger charge is -2.28. The maximum absolute atomic E-state index is 13.0. The number of aliphatic imine (C=N–C) groups is 1. The summed E-state index contributed by atoms with van der Waals surface area (Å²) in [5, 5.41) is 27.7. The molecule has 0 spiro atoms. The van der Waals surface area contributed by atoms with Gasteiger partial charge in [-0.1, -0.05) is 53.5 Å². The minimum atomic E-state index is -2.86. The summed E-state index contributed by atoms with van der Waals surface area (Å²) in [6.45, 7) is -0.681. The number of carbonyl (C=O) groups is 3. The summed E-state index contributed by atoms with van der Waals surface area (Å²) < 4.78 is 5.65. The Morgan fingerprint density at radius 3 is 2.36 bits per heavy atom. The average molecular weight is 615 g/mol. The Kier molecular flexibility index (Phi) is 9.53. The quantitative estimate of drug-likeness (QED) is 0.102. The first-order valence-corrected chi connectivity index (χ1v) is 13.4. The number of guanidine groups is 1. The van der Waals surface area contributed by atoms with Crippen LogP contribution in [0.4, 0.5) is 5.69 Å². The van der Waals surface area contributed by atoms with Gasteiger partial charge < -0.3 is 42.4 Å². The number of carbonyl (C=O) groups excluding carboxylic acids is 2. The third-order valence-electron chi connectivity index (χ3n) is 6.39. The summed E-state index contributed by atoms with van der Waals surface area (Å²) in [6, 6.07) is 17.0. The molecule has 220 valence electrons. The Hall–Kier alpha value is -4.36. The van der Waals surface area contributed by atoms with Crippen molar-refractivity contribution in [3.8, 4) is 16.9 Å². The SMILES string of the molecule is NC(N)=Nc1ccc2c(c1)C(NCC(=O)NCC(O)(NC(=O)c1c(Cl)cc(-c3ccccc3)cc1Cl)C(=O)O)CCO2. The molecule has 0 aromatic heterocycles. The topological polar surface area (TPSA) is 201 Å². The van der Waals surface area contributed by atoms with E-state index in [-0.39, 0.29) is 34.2 Å². The van der Waals surface area contributed by atoms with Crippen LogP contribution < -0.4 is 32.2 Å². The Balaban J connectivity index is 1.39. The van der Waals surface area contributed by atoms with Crippen molar-refractivity contribution in [2.24, 2.45) is 16.5 Å². The lowest BCUT2D eigenvalue weighted by Crippen LogP contribution is -2.61. The molecule has 2 amide bonds. The highest BCUT2D eigenvalue weighted by atomic mass is 35.5. The predicted octanol–water partition coefficient (Wildman–Crippen LogP) is 2.30. The first-order valence-electron chi connectivity index (χ1n) is 12.7. The van der Waals surface area contributed by atoms with Crippen molar-refractivity contribution in [3.05, 3.63) is 81.8 Å². The maximum Gasteiger partial charge on any atom is 0.359 e. The molecule has 0 fully saturated rings. The second-order valence-corrected chi connectivity index (χ2v) is 10.2. The summed E-state index contributed by atoms with van der Waals surface area (Å²) >= 11 is 12.6. The molecular formula is C28H28Cl2N6O6. The molecule has 12 nitrogen and oxygen atoms in total. The lowest BCUT2D eigenvalue weighted by molar-refractivity contribution is -0.160. The highest BCUT2D eigenvalue weighted by Gasteiger charge is 2.39. The zero-order valence-corrected chi connectivity index (χ0v) is 23.6. The van der Waals surface area contributed by atoms with Gasteiger partial charge in [0, 0.05) is 18.0 Å². The van der Waals surface area contributed by atoms with E-state index in [9.17, 15) is 24.6 Å². The molecule has 0 aliphatic carbocycles. The van der Waals surface area contributed by atoms with Crippen molar-refractivity contribution < 1.29 is 29.3 Å². The highest BCUT2D eigenvalue weighted by Crippen LogP contribution is 2.35. The van der Waals surface area contributed by atoms with Crippen LogP contribution >= 0.6 is 23.2 Å². The number of amides is 2. The Morgan fingerprint density at radius 1 is 1.02 bits per heavy atom. The van der Waals surface area contributed by atoms with Crippen LogP contribution in [0.2, 0.25) is 10.0 Å². The zero-order valence-electron chi connectivity index (χ0n) is 22.1. The van der Waals surface area contributed by atoms with Crippen LogP contribution in [0, 0.1) is 0 Å². The minimum absolute atomic E-state index is 0.0560. The zero-order chi connectivity index (χ0) is 30.4. The third kappa shape index (κ3) is 7.28. The standard InChI is InChI=1S/C28H28Cl2N6O6/c29-19-10-16(15-4-2-1-3-5-15)11-20(30)24(19)25(38)36-28(41,26(39)40)14-34-23(37)13-33-21-8-9-42-22-7-6-17(12-18(21)22)35-27(31)32/h1-7,10-12,21,33,41H,8-9,13-14H2,(H,34,37)(H,36,38)(H,39,40)(H4,31,32,35). The van der Waals surface area contributed by atoms with Crippen LogP contribution in [-0.2, 0) is 9.59 Å². The molecule has 4 rings (SSSR count). The number of fused-ring (bicyclic) bond motifs is 1. The number of rotatable bonds is 10. The molecule has 9 N–H and O–H groups in total. The van der Waals surface area contributed by atoms with Gasteiger partial charge in [0.1, 0.15) is 5.75 Å². The van der Waals surface area contributed by atoms with E-state index in [2.05, 4.69) is 15.6 Å². The van der Waals surface area contributed by atoms with Crippen molar-refractivity contribution in [2.45, 2.75) is 18.2 Å². The molecule has 1 aliphatic heterocycles. The first kappa shape index (κ1) is 30.6. The minimum Gasteiger partial charge on any atom is -0.493 e. The Labute approximate surface area is 250 Å². The van der Waals surface area contributed by atoms with Crippen molar-refractivity contribution in [1.29, 1.82) is 0 Å². The van der Waals surface area contributed by atoms with Gasteiger partial charge in [-0.05, 0) is 41.5 Å². The molecule has 0 radical (unpaired) electrons. The number of benzene rings is 3. The molecule has 2 unspecified atom stereocenters. The van der Waals surface area contributed by atoms with Crippen LogP contribution in [-0.4, -0.2) is 59.4 Å². The van der Waals surface area contributed by atoms with Gasteiger partial charge in [-0.15, -0.1) is 0 Å². The van der Waals surface area contributed by atoms with Crippen molar-refractivity contribution in [3.63, 3.8) is 0 Å². The number of nitrogens with zero attached hydrogens (tertiary/aromatic N) is 1. The number of aliphatic carboxylic acids is 1. The smallest absolute Gasteiger partial charge is 0.359 e. The number of hydrogen-bond donors (Lipinski definition) is 7. The van der Waals surface area contributed by atoms with Crippen molar-refractivity contribution in [2.75, 3.05) is 19.7 Å². The van der Waals surface area contributed by atoms with E-state index < -0.39 is 30.1 Å². The van der Waals surface area contributed by atoms with Gasteiger partial charge in [-0.2, -0.15) is 0 Å². The fourth-order valence-electron chi connectivity index (χ4n) is 4.33. The van der Waals surface area contributed by atoms with E-state index in [0.717, 1.165) is 11.1 Å². The highest BCUT2D eigenvalue weighted by molar-refractivity contribution is 6.40. The van der Waals surface area contributed by atoms with Gasteiger partial charge in [0.15, 0.2) is 5.96 Å². The molecule has 0 saturated carbocycles. The number of halogens is 2. The molecule has 3 aromatic carbocycles. The van der Waals surface area contributed by atoms with Crippen LogP contribution in [0.3, 0.4) is 0 Å². The van der Waals surface area contributed by atoms with Gasteiger partial charge in [-0.3, -0.25) is 9.59 Å². The largest absolute Gasteiger partial charge is 0.493 e. The monoisotopic (exact) mass is 614 g/mol. The number of nitrogens with two attached hydrogens (primary N) is 2. The summed E-state index contributed by atoms with van der Waals surface area (Å²) in [6.07, 6.45) is 0.533. The fraction of sp³-hybridized carbons (Fsp3) is 0.214. The van der Waals surface area contributed by atoms with E-state index >= 15 is 0 Å². The van der Waals surface area contributed by atoms with E-state index in [1.807, 2.05) is 35.6 Å². The normalized spacial score (nSPS) is 15.4. The second-order valence-electron chi connectivity index (χ2n) is 9.41. The molecule has 0 bridgehead atoms. The number of carboxylic acid groups (broad SMARTS) is 1. The summed E-state index contributed by atoms with van der Waals surface area (Å²) in [5.74, 6) is -2.99. The average Bonchev–Trinajstić information content (AvgIpc) is 2.94. The molecule has 14 heteroatoms. The molecule has 0 saturated heterocycles. The predicted molar refractivity (Wildman–Crippen MR) is 158 cm³/mol. The van der Waals surface area contributed by atoms with Crippen LogP contribution in [0.15, 0.2) is 65.7 Å². The summed E-state index contributed by atoms with van der Waals surface area (Å²) in [4.78, 5) is 41.5. The third-order valence-corrected chi connectivity index (χ3v) is 6.99. The number of nitrogens with one attached hydrogen (secondary N) is 3. The lowest BCUT2D eigenvalue weighted by atomic mass is 10.00. The molecule has 2 atom stereocenters. The van der Waals surface area contributed by atoms with Crippen LogP contribution in [0.5, 0.6) is 5.75 Å². The van der Waals surface area contributed by atoms with Crippen LogP contribution in [0.1, 0.15) is 28.4 Å². The number of carboxylic acids is 1. The molecule has 3 aromatic rings. The van der Waals surface area contributed by atoms with E-state index in [0.29, 0.717) is 30.0 Å². The number of aliphatic hydroxyl groups is 1.